The van der Waals surface area contributed by atoms with E-state index in [0.29, 0.717) is 12.3 Å². The molecule has 0 radical (unpaired) electrons. The summed E-state index contributed by atoms with van der Waals surface area (Å²) in [7, 11) is 0. The fraction of sp³-hybridized carbons (Fsp3) is 0.619. The third kappa shape index (κ3) is 4.77. The highest BCUT2D eigenvalue weighted by Gasteiger charge is 2.29. The quantitative estimate of drug-likeness (QED) is 0.817. The molecule has 0 saturated carbocycles. The van der Waals surface area contributed by atoms with E-state index in [1.54, 1.807) is 0 Å². The number of likely N-dealkylation sites (tertiary alicyclic amines) is 1. The number of hydrogen-bond acceptors (Lipinski definition) is 3. The highest BCUT2D eigenvalue weighted by molar-refractivity contribution is 5.95. The van der Waals surface area contributed by atoms with Crippen molar-refractivity contribution in [1.82, 2.24) is 4.90 Å². The van der Waals surface area contributed by atoms with Gasteiger partial charge in [-0.1, -0.05) is 12.1 Å². The molecule has 142 valence electrons. The fourth-order valence-electron chi connectivity index (χ4n) is 3.70. The molecular formula is C21H30N2O3. The number of nitrogens with zero attached hydrogens (tertiary/aromatic N) is 2. The number of rotatable bonds is 4. The van der Waals surface area contributed by atoms with Crippen LogP contribution < -0.4 is 4.90 Å². The van der Waals surface area contributed by atoms with Crippen LogP contribution in [0, 0.1) is 5.92 Å². The fourth-order valence-corrected chi connectivity index (χ4v) is 3.70. The molecule has 2 aliphatic heterocycles. The summed E-state index contributed by atoms with van der Waals surface area (Å²) in [6, 6.07) is 8.36. The number of carbonyl (C=O) groups is 2. The summed E-state index contributed by atoms with van der Waals surface area (Å²) in [5.74, 6) is 0.758. The molecule has 0 N–H and O–H groups in total. The van der Waals surface area contributed by atoms with E-state index in [1.165, 1.54) is 5.56 Å². The molecule has 0 aliphatic carbocycles. The van der Waals surface area contributed by atoms with Gasteiger partial charge < -0.3 is 14.5 Å². The molecule has 5 nitrogen and oxygen atoms in total. The number of amides is 2. The lowest BCUT2D eigenvalue weighted by Crippen LogP contribution is -2.35. The Labute approximate surface area is 156 Å². The molecule has 3 rings (SSSR count). The van der Waals surface area contributed by atoms with E-state index in [0.717, 1.165) is 51.0 Å². The van der Waals surface area contributed by atoms with E-state index in [1.807, 2.05) is 30.6 Å². The molecule has 0 aromatic heterocycles. The van der Waals surface area contributed by atoms with Crippen LogP contribution in [0.1, 0.15) is 52.0 Å². The molecule has 1 unspecified atom stereocenters. The van der Waals surface area contributed by atoms with Gasteiger partial charge in [0.05, 0.1) is 0 Å². The molecule has 1 aromatic rings. The minimum absolute atomic E-state index is 0.195. The van der Waals surface area contributed by atoms with Gasteiger partial charge >= 0.3 is 6.09 Å². The Kier molecular flexibility index (Phi) is 5.54. The molecule has 2 amide bonds. The second kappa shape index (κ2) is 7.68. The second-order valence-electron chi connectivity index (χ2n) is 8.44. The first-order chi connectivity index (χ1) is 12.3. The summed E-state index contributed by atoms with van der Waals surface area (Å²) >= 11 is 0. The maximum atomic E-state index is 12.1. The van der Waals surface area contributed by atoms with Gasteiger partial charge in [-0.15, -0.1) is 0 Å². The molecule has 1 aromatic carbocycles. The van der Waals surface area contributed by atoms with Crippen molar-refractivity contribution in [3.63, 3.8) is 0 Å². The molecule has 0 spiro atoms. The van der Waals surface area contributed by atoms with Crippen LogP contribution in [0.5, 0.6) is 0 Å². The van der Waals surface area contributed by atoms with Crippen molar-refractivity contribution in [1.29, 1.82) is 0 Å². The number of carbonyl (C=O) groups excluding carboxylic acids is 2. The van der Waals surface area contributed by atoms with Crippen LogP contribution in [0.3, 0.4) is 0 Å². The van der Waals surface area contributed by atoms with Crippen molar-refractivity contribution in [2.45, 2.75) is 58.5 Å². The van der Waals surface area contributed by atoms with Gasteiger partial charge in [-0.05, 0) is 70.1 Å². The smallest absolute Gasteiger partial charge is 0.410 e. The Morgan fingerprint density at radius 2 is 1.92 bits per heavy atom. The normalized spacial score (nSPS) is 20.7. The molecule has 26 heavy (non-hydrogen) atoms. The van der Waals surface area contributed by atoms with Gasteiger partial charge in [-0.25, -0.2) is 4.79 Å². The van der Waals surface area contributed by atoms with E-state index >= 15 is 0 Å². The monoisotopic (exact) mass is 358 g/mol. The van der Waals surface area contributed by atoms with E-state index in [2.05, 4.69) is 24.3 Å². The Morgan fingerprint density at radius 1 is 1.19 bits per heavy atom. The average Bonchev–Trinajstić information content (AvgIpc) is 3.21. The van der Waals surface area contributed by atoms with Crippen molar-refractivity contribution >= 4 is 17.7 Å². The second-order valence-corrected chi connectivity index (χ2v) is 8.44. The summed E-state index contributed by atoms with van der Waals surface area (Å²) in [6.45, 7) is 8.11. The third-order valence-electron chi connectivity index (χ3n) is 5.10. The number of aryl methyl sites for hydroxylation is 1. The summed E-state index contributed by atoms with van der Waals surface area (Å²) in [4.78, 5) is 27.7. The molecule has 2 aliphatic rings. The van der Waals surface area contributed by atoms with Crippen LogP contribution in [0.25, 0.3) is 0 Å². The molecule has 2 heterocycles. The Balaban J connectivity index is 1.46. The summed E-state index contributed by atoms with van der Waals surface area (Å²) < 4.78 is 5.46. The minimum atomic E-state index is -0.437. The zero-order valence-corrected chi connectivity index (χ0v) is 16.2. The number of benzene rings is 1. The predicted molar refractivity (Wildman–Crippen MR) is 102 cm³/mol. The van der Waals surface area contributed by atoms with Gasteiger partial charge in [0.2, 0.25) is 5.91 Å². The zero-order chi connectivity index (χ0) is 18.7. The summed E-state index contributed by atoms with van der Waals surface area (Å²) in [5, 5.41) is 0. The molecule has 2 saturated heterocycles. The molecule has 2 fully saturated rings. The van der Waals surface area contributed by atoms with Crippen LogP contribution >= 0.6 is 0 Å². The van der Waals surface area contributed by atoms with E-state index < -0.39 is 5.60 Å². The summed E-state index contributed by atoms with van der Waals surface area (Å²) in [6.07, 6.45) is 4.54. The highest BCUT2D eigenvalue weighted by atomic mass is 16.6. The molecule has 5 heteroatoms. The van der Waals surface area contributed by atoms with Gasteiger partial charge in [-0.2, -0.15) is 0 Å². The third-order valence-corrected chi connectivity index (χ3v) is 5.10. The zero-order valence-electron chi connectivity index (χ0n) is 16.2. The van der Waals surface area contributed by atoms with Gasteiger partial charge in [-0.3, -0.25) is 4.79 Å². The van der Waals surface area contributed by atoms with Crippen molar-refractivity contribution < 1.29 is 14.3 Å². The van der Waals surface area contributed by atoms with E-state index in [-0.39, 0.29) is 12.0 Å². The SMILES string of the molecule is CC(C)(C)OC(=O)N1CCC(CCc2ccc(N3CCCC3=O)cc2)C1. The lowest BCUT2D eigenvalue weighted by molar-refractivity contribution is -0.117. The first-order valence-corrected chi connectivity index (χ1v) is 9.69. The largest absolute Gasteiger partial charge is 0.444 e. The average molecular weight is 358 g/mol. The standard InChI is InChI=1S/C21H30N2O3/c1-21(2,3)26-20(25)22-14-12-17(15-22)7-6-16-8-10-18(11-9-16)23-13-4-5-19(23)24/h8-11,17H,4-7,12-15H2,1-3H3. The number of hydrogen-bond donors (Lipinski definition) is 0. The Morgan fingerprint density at radius 3 is 2.54 bits per heavy atom. The van der Waals surface area contributed by atoms with Crippen molar-refractivity contribution in [3.8, 4) is 0 Å². The number of anilines is 1. The maximum absolute atomic E-state index is 12.1. The maximum Gasteiger partial charge on any atom is 0.410 e. The topological polar surface area (TPSA) is 49.9 Å². The predicted octanol–water partition coefficient (Wildman–Crippen LogP) is 4.00. The van der Waals surface area contributed by atoms with Gasteiger partial charge in [0.1, 0.15) is 5.60 Å². The van der Waals surface area contributed by atoms with Crippen molar-refractivity contribution in [2.24, 2.45) is 5.92 Å². The minimum Gasteiger partial charge on any atom is -0.444 e. The Hall–Kier alpha value is -2.04. The van der Waals surface area contributed by atoms with Crippen molar-refractivity contribution in [2.75, 3.05) is 24.5 Å². The van der Waals surface area contributed by atoms with Gasteiger partial charge in [0.25, 0.3) is 0 Å². The van der Waals surface area contributed by atoms with Crippen LogP contribution in [0.2, 0.25) is 0 Å². The van der Waals surface area contributed by atoms with Crippen LogP contribution in [-0.2, 0) is 16.0 Å². The lowest BCUT2D eigenvalue weighted by atomic mass is 9.99. The molecule has 1 atom stereocenters. The molecule has 0 bridgehead atoms. The van der Waals surface area contributed by atoms with Crippen molar-refractivity contribution in [3.05, 3.63) is 29.8 Å². The van der Waals surface area contributed by atoms with E-state index in [9.17, 15) is 9.59 Å². The summed E-state index contributed by atoms with van der Waals surface area (Å²) in [5.41, 5.74) is 1.86. The number of ether oxygens (including phenoxy) is 1. The van der Waals surface area contributed by atoms with Gasteiger partial charge in [0.15, 0.2) is 0 Å². The lowest BCUT2D eigenvalue weighted by Gasteiger charge is -2.24. The molecular weight excluding hydrogens is 328 g/mol. The van der Waals surface area contributed by atoms with E-state index in [4.69, 9.17) is 4.74 Å². The van der Waals surface area contributed by atoms with Crippen LogP contribution in [-0.4, -0.2) is 42.1 Å². The highest BCUT2D eigenvalue weighted by Crippen LogP contribution is 2.25. The Bertz CT molecular complexity index is 648. The van der Waals surface area contributed by atoms with Crippen LogP contribution in [0.4, 0.5) is 10.5 Å². The van der Waals surface area contributed by atoms with Crippen LogP contribution in [0.15, 0.2) is 24.3 Å². The first kappa shape index (κ1) is 18.7. The first-order valence-electron chi connectivity index (χ1n) is 9.69. The van der Waals surface area contributed by atoms with Gasteiger partial charge in [0, 0.05) is 31.7 Å².